The van der Waals surface area contributed by atoms with Crippen molar-refractivity contribution >= 4 is 23.4 Å². The number of amides is 2. The minimum atomic E-state index is -0.550. The highest BCUT2D eigenvalue weighted by molar-refractivity contribution is 6.30. The molecular weight excluding hydrogens is 419 g/mol. The molecule has 2 aliphatic rings. The van der Waals surface area contributed by atoms with Gasteiger partial charge in [0.15, 0.2) is 11.6 Å². The van der Waals surface area contributed by atoms with Gasteiger partial charge in [0.1, 0.15) is 0 Å². The molecule has 0 bridgehead atoms. The van der Waals surface area contributed by atoms with Crippen LogP contribution in [0.25, 0.3) is 0 Å². The number of benzene rings is 2. The molecule has 1 aliphatic carbocycles. The molecule has 1 aliphatic heterocycles. The molecule has 2 aromatic carbocycles. The molecule has 4 rings (SSSR count). The molecule has 1 N–H and O–H groups in total. The van der Waals surface area contributed by atoms with Crippen LogP contribution in [-0.4, -0.2) is 43.5 Å². The van der Waals surface area contributed by atoms with Gasteiger partial charge in [-0.3, -0.25) is 9.59 Å². The van der Waals surface area contributed by atoms with Crippen LogP contribution in [0.2, 0.25) is 5.02 Å². The summed E-state index contributed by atoms with van der Waals surface area (Å²) in [6.45, 7) is 1.70. The summed E-state index contributed by atoms with van der Waals surface area (Å²) < 4.78 is 18.9. The maximum absolute atomic E-state index is 14.0. The minimum Gasteiger partial charge on any atom is -0.494 e. The molecule has 5 nitrogen and oxygen atoms in total. The zero-order valence-electron chi connectivity index (χ0n) is 17.5. The van der Waals surface area contributed by atoms with Crippen LogP contribution in [0.1, 0.15) is 41.6 Å². The SMILES string of the molecule is COc1ccc(C(=O)N2CCCC(CNC(=O)C3(c4ccc(Cl)cc4)CC3)C2)cc1F. The standard InChI is InChI=1S/C24H26ClFN2O3/c1-31-21-9-4-17(13-20(21)26)22(29)28-12-2-3-16(15-28)14-27-23(30)24(10-11-24)18-5-7-19(25)8-6-18/h4-9,13,16H,2-3,10-12,14-15H2,1H3,(H,27,30). The molecule has 1 saturated carbocycles. The van der Waals surface area contributed by atoms with E-state index >= 15 is 0 Å². The molecule has 164 valence electrons. The number of carbonyl (C=O) groups excluding carboxylic acids is 2. The Morgan fingerprint density at radius 3 is 2.61 bits per heavy atom. The summed E-state index contributed by atoms with van der Waals surface area (Å²) in [7, 11) is 1.39. The van der Waals surface area contributed by atoms with E-state index in [1.165, 1.54) is 19.2 Å². The predicted molar refractivity (Wildman–Crippen MR) is 117 cm³/mol. The van der Waals surface area contributed by atoms with Gasteiger partial charge in [-0.05, 0) is 67.5 Å². The number of piperidine rings is 1. The minimum absolute atomic E-state index is 0.0375. The van der Waals surface area contributed by atoms with Crippen molar-refractivity contribution < 1.29 is 18.7 Å². The normalized spacial score (nSPS) is 19.6. The zero-order valence-corrected chi connectivity index (χ0v) is 18.3. The van der Waals surface area contributed by atoms with Crippen molar-refractivity contribution in [1.82, 2.24) is 10.2 Å². The number of hydrogen-bond donors (Lipinski definition) is 1. The third-order valence-corrected chi connectivity index (χ3v) is 6.59. The van der Waals surface area contributed by atoms with Crippen LogP contribution in [0.15, 0.2) is 42.5 Å². The quantitative estimate of drug-likeness (QED) is 0.726. The number of nitrogens with zero attached hydrogens (tertiary/aromatic N) is 1. The van der Waals surface area contributed by atoms with E-state index in [2.05, 4.69) is 5.32 Å². The van der Waals surface area contributed by atoms with Crippen LogP contribution in [0, 0.1) is 11.7 Å². The Morgan fingerprint density at radius 2 is 1.97 bits per heavy atom. The Morgan fingerprint density at radius 1 is 1.23 bits per heavy atom. The number of hydrogen-bond acceptors (Lipinski definition) is 3. The highest BCUT2D eigenvalue weighted by Crippen LogP contribution is 2.48. The maximum Gasteiger partial charge on any atom is 0.253 e. The molecule has 0 radical (unpaired) electrons. The molecule has 7 heteroatoms. The fourth-order valence-corrected chi connectivity index (χ4v) is 4.47. The number of nitrogens with one attached hydrogen (secondary N) is 1. The lowest BCUT2D eigenvalue weighted by Gasteiger charge is -2.33. The largest absolute Gasteiger partial charge is 0.494 e. The van der Waals surface area contributed by atoms with E-state index < -0.39 is 11.2 Å². The number of methoxy groups -OCH3 is 1. The molecule has 0 spiro atoms. The van der Waals surface area contributed by atoms with Crippen LogP contribution in [0.5, 0.6) is 5.75 Å². The second-order valence-corrected chi connectivity index (χ2v) is 8.84. The van der Waals surface area contributed by atoms with Crippen LogP contribution >= 0.6 is 11.6 Å². The predicted octanol–water partition coefficient (Wildman–Crippen LogP) is 4.19. The summed E-state index contributed by atoms with van der Waals surface area (Å²) in [6, 6.07) is 11.7. The number of carbonyl (C=O) groups is 2. The van der Waals surface area contributed by atoms with E-state index in [1.807, 2.05) is 24.3 Å². The number of halogens is 2. The Balaban J connectivity index is 1.35. The third-order valence-electron chi connectivity index (χ3n) is 6.34. The second kappa shape index (κ2) is 8.87. The van der Waals surface area contributed by atoms with E-state index in [0.717, 1.165) is 31.2 Å². The Kier molecular flexibility index (Phi) is 6.19. The molecule has 2 aromatic rings. The van der Waals surface area contributed by atoms with E-state index in [0.29, 0.717) is 30.2 Å². The van der Waals surface area contributed by atoms with Gasteiger partial charge in [-0.2, -0.15) is 0 Å². The van der Waals surface area contributed by atoms with Gasteiger partial charge in [0.25, 0.3) is 5.91 Å². The number of likely N-dealkylation sites (tertiary alicyclic amines) is 1. The Labute approximate surface area is 186 Å². The average molecular weight is 445 g/mol. The first-order valence-electron chi connectivity index (χ1n) is 10.6. The fourth-order valence-electron chi connectivity index (χ4n) is 4.35. The monoisotopic (exact) mass is 444 g/mol. The van der Waals surface area contributed by atoms with Gasteiger partial charge in [-0.15, -0.1) is 0 Å². The maximum atomic E-state index is 14.0. The van der Waals surface area contributed by atoms with Crippen molar-refractivity contribution in [2.24, 2.45) is 5.92 Å². The Hall–Kier alpha value is -2.60. The zero-order chi connectivity index (χ0) is 22.0. The average Bonchev–Trinajstić information content (AvgIpc) is 3.59. The molecule has 31 heavy (non-hydrogen) atoms. The lowest BCUT2D eigenvalue weighted by Crippen LogP contribution is -2.45. The first-order chi connectivity index (χ1) is 14.9. The van der Waals surface area contributed by atoms with Gasteiger partial charge in [0, 0.05) is 30.2 Å². The summed E-state index contributed by atoms with van der Waals surface area (Å²) in [6.07, 6.45) is 3.46. The fraction of sp³-hybridized carbons (Fsp3) is 0.417. The second-order valence-electron chi connectivity index (χ2n) is 8.41. The Bertz CT molecular complexity index is 975. The van der Waals surface area contributed by atoms with Crippen LogP contribution < -0.4 is 10.1 Å². The first kappa shape index (κ1) is 21.6. The van der Waals surface area contributed by atoms with Gasteiger partial charge >= 0.3 is 0 Å². The lowest BCUT2D eigenvalue weighted by molar-refractivity contribution is -0.123. The van der Waals surface area contributed by atoms with E-state index in [4.69, 9.17) is 16.3 Å². The summed E-state index contributed by atoms with van der Waals surface area (Å²) in [4.78, 5) is 27.5. The van der Waals surface area contributed by atoms with Crippen LogP contribution in [0.4, 0.5) is 4.39 Å². The number of ether oxygens (including phenoxy) is 1. The molecule has 0 aromatic heterocycles. The summed E-state index contributed by atoms with van der Waals surface area (Å²) in [5.41, 5.74) is 0.856. The molecule has 1 saturated heterocycles. The van der Waals surface area contributed by atoms with Gasteiger partial charge in [-0.25, -0.2) is 4.39 Å². The van der Waals surface area contributed by atoms with Crippen molar-refractivity contribution in [3.8, 4) is 5.75 Å². The molecule has 1 atom stereocenters. The lowest BCUT2D eigenvalue weighted by atomic mass is 9.93. The van der Waals surface area contributed by atoms with Gasteiger partial charge in [0.2, 0.25) is 5.91 Å². The molecule has 1 heterocycles. The van der Waals surface area contributed by atoms with Gasteiger partial charge in [0.05, 0.1) is 12.5 Å². The highest BCUT2D eigenvalue weighted by Gasteiger charge is 2.51. The van der Waals surface area contributed by atoms with Crippen molar-refractivity contribution in [3.63, 3.8) is 0 Å². The number of rotatable bonds is 6. The van der Waals surface area contributed by atoms with Gasteiger partial charge < -0.3 is 15.0 Å². The van der Waals surface area contributed by atoms with Crippen LogP contribution in [0.3, 0.4) is 0 Å². The van der Waals surface area contributed by atoms with E-state index in [1.54, 1.807) is 11.0 Å². The van der Waals surface area contributed by atoms with E-state index in [9.17, 15) is 14.0 Å². The topological polar surface area (TPSA) is 58.6 Å². The van der Waals surface area contributed by atoms with Gasteiger partial charge in [-0.1, -0.05) is 23.7 Å². The molecule has 2 amide bonds. The smallest absolute Gasteiger partial charge is 0.253 e. The highest BCUT2D eigenvalue weighted by atomic mass is 35.5. The van der Waals surface area contributed by atoms with Crippen molar-refractivity contribution in [3.05, 3.63) is 64.4 Å². The summed E-state index contributed by atoms with van der Waals surface area (Å²) >= 11 is 5.97. The van der Waals surface area contributed by atoms with E-state index in [-0.39, 0.29) is 23.5 Å². The first-order valence-corrected chi connectivity index (χ1v) is 11.0. The molecular formula is C24H26ClFN2O3. The summed E-state index contributed by atoms with van der Waals surface area (Å²) in [5.74, 6) is -0.421. The summed E-state index contributed by atoms with van der Waals surface area (Å²) in [5, 5.41) is 3.76. The van der Waals surface area contributed by atoms with Crippen molar-refractivity contribution in [1.29, 1.82) is 0 Å². The van der Waals surface area contributed by atoms with Crippen molar-refractivity contribution in [2.45, 2.75) is 31.1 Å². The van der Waals surface area contributed by atoms with Crippen molar-refractivity contribution in [2.75, 3.05) is 26.7 Å². The third kappa shape index (κ3) is 4.54. The molecule has 2 fully saturated rings. The van der Waals surface area contributed by atoms with Crippen LogP contribution in [-0.2, 0) is 10.2 Å². The molecule has 1 unspecified atom stereocenters.